The zero-order valence-corrected chi connectivity index (χ0v) is 19.5. The van der Waals surface area contributed by atoms with Gasteiger partial charge < -0.3 is 16.4 Å². The van der Waals surface area contributed by atoms with Crippen LogP contribution in [0.15, 0.2) is 36.5 Å². The normalized spacial score (nSPS) is 12.1. The molecule has 0 aliphatic rings. The average molecular weight is 466 g/mol. The summed E-state index contributed by atoms with van der Waals surface area (Å²) >= 11 is 12.1. The van der Waals surface area contributed by atoms with Crippen LogP contribution in [0.4, 0.5) is 5.82 Å². The van der Waals surface area contributed by atoms with Crippen LogP contribution in [-0.2, 0) is 22.6 Å². The van der Waals surface area contributed by atoms with E-state index in [1.165, 1.54) is 0 Å². The van der Waals surface area contributed by atoms with Crippen LogP contribution in [0.1, 0.15) is 25.0 Å². The summed E-state index contributed by atoms with van der Waals surface area (Å²) in [7, 11) is 1.88. The third kappa shape index (κ3) is 8.73. The molecule has 0 radical (unpaired) electrons. The standard InChI is InChI=1S/C22H29Cl2N5O2/c1-14(2)12-29(3)13-21(30)28-19(9-15-4-6-17(23)18(24)8-15)22(31)27-11-16-5-7-20(25)26-10-16/h4-8,10,14,19H,9,11-13H2,1-3H3,(H2,25,26)(H,27,31)(H,28,30)/t19-/m0/s1. The van der Waals surface area contributed by atoms with Gasteiger partial charge in [0, 0.05) is 25.7 Å². The first kappa shape index (κ1) is 24.9. The lowest BCUT2D eigenvalue weighted by Gasteiger charge is -2.22. The third-order valence-corrected chi connectivity index (χ3v) is 5.22. The molecule has 1 aromatic heterocycles. The number of benzene rings is 1. The molecule has 31 heavy (non-hydrogen) atoms. The second kappa shape index (κ2) is 11.9. The Kier molecular flexibility index (Phi) is 9.55. The van der Waals surface area contributed by atoms with E-state index in [2.05, 4.69) is 29.5 Å². The molecule has 1 heterocycles. The Balaban J connectivity index is 2.07. The molecule has 0 saturated carbocycles. The van der Waals surface area contributed by atoms with Gasteiger partial charge in [-0.3, -0.25) is 14.5 Å². The van der Waals surface area contributed by atoms with E-state index in [0.717, 1.165) is 17.7 Å². The lowest BCUT2D eigenvalue weighted by molar-refractivity contribution is -0.129. The van der Waals surface area contributed by atoms with Gasteiger partial charge in [-0.15, -0.1) is 0 Å². The summed E-state index contributed by atoms with van der Waals surface area (Å²) in [5.74, 6) is 0.312. The molecule has 7 nitrogen and oxygen atoms in total. The van der Waals surface area contributed by atoms with E-state index in [4.69, 9.17) is 28.9 Å². The summed E-state index contributed by atoms with van der Waals surface area (Å²) in [6.07, 6.45) is 1.88. The number of halogens is 2. The number of nitrogens with two attached hydrogens (primary N) is 1. The van der Waals surface area contributed by atoms with Crippen LogP contribution in [-0.4, -0.2) is 47.9 Å². The highest BCUT2D eigenvalue weighted by atomic mass is 35.5. The maximum absolute atomic E-state index is 12.9. The van der Waals surface area contributed by atoms with E-state index in [1.807, 2.05) is 11.9 Å². The fraction of sp³-hybridized carbons (Fsp3) is 0.409. The molecule has 0 unspecified atom stereocenters. The minimum atomic E-state index is -0.765. The molecule has 0 saturated heterocycles. The van der Waals surface area contributed by atoms with E-state index in [0.29, 0.717) is 21.8 Å². The number of carbonyl (C=O) groups excluding carboxylic acids is 2. The first-order chi connectivity index (χ1) is 14.6. The number of carbonyl (C=O) groups is 2. The highest BCUT2D eigenvalue weighted by Gasteiger charge is 2.22. The summed E-state index contributed by atoms with van der Waals surface area (Å²) in [5.41, 5.74) is 7.19. The molecule has 2 amide bonds. The summed E-state index contributed by atoms with van der Waals surface area (Å²) in [5, 5.41) is 6.52. The molecule has 1 atom stereocenters. The molecule has 0 aliphatic carbocycles. The van der Waals surface area contributed by atoms with Gasteiger partial charge in [-0.25, -0.2) is 4.98 Å². The van der Waals surface area contributed by atoms with Crippen molar-refractivity contribution in [2.24, 2.45) is 5.92 Å². The number of hydrogen-bond acceptors (Lipinski definition) is 5. The Morgan fingerprint density at radius 2 is 1.84 bits per heavy atom. The third-order valence-electron chi connectivity index (χ3n) is 4.48. The van der Waals surface area contributed by atoms with Crippen LogP contribution in [0.25, 0.3) is 0 Å². The zero-order chi connectivity index (χ0) is 23.0. The largest absolute Gasteiger partial charge is 0.384 e. The number of rotatable bonds is 10. The maximum atomic E-state index is 12.9. The Hall–Kier alpha value is -2.35. The van der Waals surface area contributed by atoms with Gasteiger partial charge in [-0.05, 0) is 42.3 Å². The van der Waals surface area contributed by atoms with E-state index in [-0.39, 0.29) is 31.3 Å². The van der Waals surface area contributed by atoms with E-state index >= 15 is 0 Å². The number of amides is 2. The molecule has 0 bridgehead atoms. The van der Waals surface area contributed by atoms with Crippen molar-refractivity contribution < 1.29 is 9.59 Å². The van der Waals surface area contributed by atoms with Crippen LogP contribution < -0.4 is 16.4 Å². The van der Waals surface area contributed by atoms with Crippen molar-refractivity contribution in [1.29, 1.82) is 0 Å². The monoisotopic (exact) mass is 465 g/mol. The smallest absolute Gasteiger partial charge is 0.243 e. The lowest BCUT2D eigenvalue weighted by atomic mass is 10.0. The van der Waals surface area contributed by atoms with Crippen molar-refractivity contribution in [3.05, 3.63) is 57.7 Å². The van der Waals surface area contributed by atoms with Gasteiger partial charge in [0.05, 0.1) is 16.6 Å². The highest BCUT2D eigenvalue weighted by Crippen LogP contribution is 2.23. The summed E-state index contributed by atoms with van der Waals surface area (Å²) in [4.78, 5) is 31.4. The summed E-state index contributed by atoms with van der Waals surface area (Å²) in [6.45, 7) is 5.42. The Bertz CT molecular complexity index is 890. The second-order valence-corrected chi connectivity index (χ2v) is 8.79. The maximum Gasteiger partial charge on any atom is 0.243 e. The molecular weight excluding hydrogens is 437 g/mol. The van der Waals surface area contributed by atoms with Gasteiger partial charge in [-0.2, -0.15) is 0 Å². The van der Waals surface area contributed by atoms with Crippen molar-refractivity contribution >= 4 is 40.8 Å². The van der Waals surface area contributed by atoms with Gasteiger partial charge in [0.2, 0.25) is 11.8 Å². The first-order valence-electron chi connectivity index (χ1n) is 10.0. The topological polar surface area (TPSA) is 100 Å². The van der Waals surface area contributed by atoms with Crippen molar-refractivity contribution in [3.63, 3.8) is 0 Å². The fourth-order valence-electron chi connectivity index (χ4n) is 3.14. The van der Waals surface area contributed by atoms with Crippen molar-refractivity contribution in [2.45, 2.75) is 32.9 Å². The SMILES string of the molecule is CC(C)CN(C)CC(=O)N[C@@H](Cc1ccc(Cl)c(Cl)c1)C(=O)NCc1ccc(N)nc1. The molecule has 0 aliphatic heterocycles. The quantitative estimate of drug-likeness (QED) is 0.500. The predicted octanol–water partition coefficient (Wildman–Crippen LogP) is 2.90. The lowest BCUT2D eigenvalue weighted by Crippen LogP contribution is -2.50. The number of likely N-dealkylation sites (N-methyl/N-ethyl adjacent to an activating group) is 1. The molecule has 4 N–H and O–H groups in total. The number of anilines is 1. The second-order valence-electron chi connectivity index (χ2n) is 7.97. The molecule has 168 valence electrons. The van der Waals surface area contributed by atoms with E-state index < -0.39 is 6.04 Å². The molecular formula is C22H29Cl2N5O2. The molecule has 0 fully saturated rings. The van der Waals surface area contributed by atoms with Gasteiger partial charge in [0.25, 0.3) is 0 Å². The number of nitrogens with zero attached hydrogens (tertiary/aromatic N) is 2. The molecule has 1 aromatic carbocycles. The van der Waals surface area contributed by atoms with Crippen molar-refractivity contribution in [2.75, 3.05) is 25.9 Å². The van der Waals surface area contributed by atoms with Gasteiger partial charge >= 0.3 is 0 Å². The minimum absolute atomic E-state index is 0.200. The number of pyridine rings is 1. The summed E-state index contributed by atoms with van der Waals surface area (Å²) in [6, 6.07) is 7.85. The Morgan fingerprint density at radius 1 is 1.13 bits per heavy atom. The molecule has 0 spiro atoms. The molecule has 2 rings (SSSR count). The number of nitrogen functional groups attached to an aromatic ring is 1. The van der Waals surface area contributed by atoms with Crippen LogP contribution in [0.3, 0.4) is 0 Å². The van der Waals surface area contributed by atoms with E-state index in [9.17, 15) is 9.59 Å². The number of aromatic nitrogens is 1. The van der Waals surface area contributed by atoms with E-state index in [1.54, 1.807) is 36.5 Å². The van der Waals surface area contributed by atoms with Crippen molar-refractivity contribution in [1.82, 2.24) is 20.5 Å². The Labute approximate surface area is 193 Å². The zero-order valence-electron chi connectivity index (χ0n) is 18.0. The predicted molar refractivity (Wildman–Crippen MR) is 125 cm³/mol. The first-order valence-corrected chi connectivity index (χ1v) is 10.8. The fourth-order valence-corrected chi connectivity index (χ4v) is 3.46. The minimum Gasteiger partial charge on any atom is -0.384 e. The van der Waals surface area contributed by atoms with Crippen molar-refractivity contribution in [3.8, 4) is 0 Å². The molecule has 2 aromatic rings. The highest BCUT2D eigenvalue weighted by molar-refractivity contribution is 6.42. The van der Waals surface area contributed by atoms with Crippen LogP contribution in [0, 0.1) is 5.92 Å². The van der Waals surface area contributed by atoms with Crippen LogP contribution in [0.5, 0.6) is 0 Å². The van der Waals surface area contributed by atoms with Crippen LogP contribution >= 0.6 is 23.2 Å². The number of nitrogens with one attached hydrogen (secondary N) is 2. The van der Waals surface area contributed by atoms with Gasteiger partial charge in [0.1, 0.15) is 11.9 Å². The van der Waals surface area contributed by atoms with Gasteiger partial charge in [0.15, 0.2) is 0 Å². The summed E-state index contributed by atoms with van der Waals surface area (Å²) < 4.78 is 0. The Morgan fingerprint density at radius 3 is 2.45 bits per heavy atom. The number of hydrogen-bond donors (Lipinski definition) is 3. The molecule has 9 heteroatoms. The van der Waals surface area contributed by atoms with Gasteiger partial charge in [-0.1, -0.05) is 49.2 Å². The van der Waals surface area contributed by atoms with Crippen LogP contribution in [0.2, 0.25) is 10.0 Å². The average Bonchev–Trinajstić information content (AvgIpc) is 2.68.